The zero-order valence-corrected chi connectivity index (χ0v) is 9.32. The van der Waals surface area contributed by atoms with Gasteiger partial charge in [0.15, 0.2) is 5.82 Å². The number of nitrogens with zero attached hydrogens (tertiary/aromatic N) is 2. The number of primary sulfonamides is 1. The van der Waals surface area contributed by atoms with Crippen LogP contribution in [0.25, 0.3) is 0 Å². The molecule has 0 spiro atoms. The highest BCUT2D eigenvalue weighted by molar-refractivity contribution is 7.89. The molecule has 2 N–H and O–H groups in total. The fraction of sp³-hybridized carbons (Fsp3) is 0.556. The summed E-state index contributed by atoms with van der Waals surface area (Å²) < 4.78 is 35.3. The minimum absolute atomic E-state index is 0.310. The van der Waals surface area contributed by atoms with E-state index in [0.717, 1.165) is 18.8 Å². The van der Waals surface area contributed by atoms with E-state index in [1.54, 1.807) is 0 Å². The summed E-state index contributed by atoms with van der Waals surface area (Å²) >= 11 is 0. The van der Waals surface area contributed by atoms with Gasteiger partial charge in [-0.25, -0.2) is 27.9 Å². The van der Waals surface area contributed by atoms with Crippen molar-refractivity contribution in [1.29, 1.82) is 0 Å². The molecule has 2 rings (SSSR count). The van der Waals surface area contributed by atoms with Gasteiger partial charge >= 0.3 is 0 Å². The van der Waals surface area contributed by atoms with E-state index in [1.165, 1.54) is 0 Å². The van der Waals surface area contributed by atoms with E-state index in [2.05, 4.69) is 9.97 Å². The van der Waals surface area contributed by atoms with Crippen LogP contribution in [0.2, 0.25) is 0 Å². The second-order valence-corrected chi connectivity index (χ2v) is 5.71. The largest absolute Gasteiger partial charge is 0.238 e. The van der Waals surface area contributed by atoms with Crippen molar-refractivity contribution in [3.63, 3.8) is 0 Å². The topological polar surface area (TPSA) is 85.9 Å². The Labute approximate surface area is 93.0 Å². The Balaban J connectivity index is 2.30. The molecule has 88 valence electrons. The molecule has 0 aliphatic heterocycles. The summed E-state index contributed by atoms with van der Waals surface area (Å²) in [7, 11) is -3.58. The maximum atomic E-state index is 12.6. The minimum Gasteiger partial charge on any atom is -0.238 e. The molecule has 1 aliphatic rings. The molecular formula is C9H12FN3O2S. The number of hydrogen-bond donors (Lipinski definition) is 1. The molecule has 0 unspecified atom stereocenters. The smallest absolute Gasteiger partial charge is 0.212 e. The third-order valence-electron chi connectivity index (χ3n) is 2.85. The predicted molar refractivity (Wildman–Crippen MR) is 55.5 cm³/mol. The van der Waals surface area contributed by atoms with Crippen LogP contribution < -0.4 is 5.14 Å². The van der Waals surface area contributed by atoms with Gasteiger partial charge in [-0.05, 0) is 12.8 Å². The number of rotatable bonds is 2. The Bertz CT molecular complexity index is 474. The maximum Gasteiger partial charge on any atom is 0.212 e. The molecule has 0 bridgehead atoms. The van der Waals surface area contributed by atoms with Gasteiger partial charge in [0.25, 0.3) is 0 Å². The van der Waals surface area contributed by atoms with Crippen molar-refractivity contribution < 1.29 is 12.8 Å². The van der Waals surface area contributed by atoms with E-state index in [9.17, 15) is 12.8 Å². The predicted octanol–water partition coefficient (Wildman–Crippen LogP) is 0.540. The molecule has 1 fully saturated rings. The Morgan fingerprint density at radius 1 is 1.31 bits per heavy atom. The Kier molecular flexibility index (Phi) is 2.90. The SMILES string of the molecule is NS(=O)(=O)[C@H]1CCC[C@H]1c1ncc(F)cn1. The fourth-order valence-electron chi connectivity index (χ4n) is 2.13. The highest BCUT2D eigenvalue weighted by Crippen LogP contribution is 2.36. The lowest BCUT2D eigenvalue weighted by molar-refractivity contribution is 0.559. The molecule has 5 nitrogen and oxygen atoms in total. The van der Waals surface area contributed by atoms with Crippen molar-refractivity contribution in [1.82, 2.24) is 9.97 Å². The van der Waals surface area contributed by atoms with E-state index >= 15 is 0 Å². The third-order valence-corrected chi connectivity index (χ3v) is 4.25. The molecule has 2 atom stereocenters. The van der Waals surface area contributed by atoms with Crippen LogP contribution >= 0.6 is 0 Å². The van der Waals surface area contributed by atoms with E-state index < -0.39 is 21.1 Å². The second-order valence-electron chi connectivity index (χ2n) is 3.92. The van der Waals surface area contributed by atoms with E-state index in [0.29, 0.717) is 18.7 Å². The monoisotopic (exact) mass is 245 g/mol. The zero-order valence-electron chi connectivity index (χ0n) is 8.51. The molecule has 1 saturated carbocycles. The van der Waals surface area contributed by atoms with Gasteiger partial charge in [-0.15, -0.1) is 0 Å². The van der Waals surface area contributed by atoms with Crippen LogP contribution in [0.5, 0.6) is 0 Å². The van der Waals surface area contributed by atoms with Crippen LogP contribution in [0, 0.1) is 5.82 Å². The van der Waals surface area contributed by atoms with Crippen LogP contribution in [-0.2, 0) is 10.0 Å². The average molecular weight is 245 g/mol. The number of hydrogen-bond acceptors (Lipinski definition) is 4. The van der Waals surface area contributed by atoms with Gasteiger partial charge in [0.05, 0.1) is 17.6 Å². The zero-order chi connectivity index (χ0) is 11.8. The van der Waals surface area contributed by atoms with E-state index in [1.807, 2.05) is 0 Å². The molecule has 0 radical (unpaired) electrons. The Morgan fingerprint density at radius 3 is 2.50 bits per heavy atom. The molecule has 7 heteroatoms. The van der Waals surface area contributed by atoms with Crippen LogP contribution in [0.15, 0.2) is 12.4 Å². The maximum absolute atomic E-state index is 12.6. The van der Waals surface area contributed by atoms with Crippen LogP contribution in [-0.4, -0.2) is 23.6 Å². The summed E-state index contributed by atoms with van der Waals surface area (Å²) in [5.41, 5.74) is 0. The van der Waals surface area contributed by atoms with Gasteiger partial charge < -0.3 is 0 Å². The van der Waals surface area contributed by atoms with Gasteiger partial charge in [-0.1, -0.05) is 6.42 Å². The summed E-state index contributed by atoms with van der Waals surface area (Å²) in [5, 5.41) is 4.50. The summed E-state index contributed by atoms with van der Waals surface area (Å²) in [5.74, 6) is -0.484. The lowest BCUT2D eigenvalue weighted by Crippen LogP contribution is -2.31. The second kappa shape index (κ2) is 4.06. The van der Waals surface area contributed by atoms with E-state index in [-0.39, 0.29) is 5.92 Å². The van der Waals surface area contributed by atoms with Gasteiger partial charge in [0.1, 0.15) is 5.82 Å². The van der Waals surface area contributed by atoms with Crippen molar-refractivity contribution in [3.8, 4) is 0 Å². The van der Waals surface area contributed by atoms with Crippen molar-refractivity contribution >= 4 is 10.0 Å². The van der Waals surface area contributed by atoms with Gasteiger partial charge in [-0.3, -0.25) is 0 Å². The van der Waals surface area contributed by atoms with Gasteiger partial charge in [-0.2, -0.15) is 0 Å². The van der Waals surface area contributed by atoms with Crippen molar-refractivity contribution in [2.24, 2.45) is 5.14 Å². The number of halogens is 1. The Hall–Kier alpha value is -1.08. The highest BCUT2D eigenvalue weighted by Gasteiger charge is 2.37. The Morgan fingerprint density at radius 2 is 1.94 bits per heavy atom. The first kappa shape index (κ1) is 11.4. The molecule has 0 saturated heterocycles. The molecular weight excluding hydrogens is 233 g/mol. The summed E-state index contributed by atoms with van der Waals surface area (Å²) in [6, 6.07) is 0. The van der Waals surface area contributed by atoms with Gasteiger partial charge in [0.2, 0.25) is 10.0 Å². The van der Waals surface area contributed by atoms with Crippen molar-refractivity contribution in [3.05, 3.63) is 24.0 Å². The lowest BCUT2D eigenvalue weighted by atomic mass is 10.1. The fourth-order valence-corrected chi connectivity index (χ4v) is 3.34. The van der Waals surface area contributed by atoms with Crippen LogP contribution in [0.3, 0.4) is 0 Å². The molecule has 1 aromatic rings. The first-order chi connectivity index (χ1) is 7.48. The van der Waals surface area contributed by atoms with Gasteiger partial charge in [0, 0.05) is 5.92 Å². The lowest BCUT2D eigenvalue weighted by Gasteiger charge is -2.15. The molecule has 0 amide bonds. The summed E-state index contributed by atoms with van der Waals surface area (Å²) in [4.78, 5) is 7.64. The first-order valence-electron chi connectivity index (χ1n) is 4.97. The summed E-state index contributed by atoms with van der Waals surface area (Å²) in [6.07, 6.45) is 4.05. The first-order valence-corrected chi connectivity index (χ1v) is 6.58. The quantitative estimate of drug-likeness (QED) is 0.824. The van der Waals surface area contributed by atoms with Crippen LogP contribution in [0.4, 0.5) is 4.39 Å². The number of sulfonamides is 1. The molecule has 1 heterocycles. The number of aromatic nitrogens is 2. The third kappa shape index (κ3) is 2.19. The van der Waals surface area contributed by atoms with Crippen molar-refractivity contribution in [2.45, 2.75) is 30.4 Å². The standard InChI is InChI=1S/C9H12FN3O2S/c10-6-4-12-9(13-5-6)7-2-1-3-8(7)16(11,14)15/h4-5,7-8H,1-3H2,(H2,11,14,15)/t7-,8+/m1/s1. The normalized spacial score (nSPS) is 25.9. The van der Waals surface area contributed by atoms with E-state index in [4.69, 9.17) is 5.14 Å². The number of nitrogens with two attached hydrogens (primary N) is 1. The van der Waals surface area contributed by atoms with Crippen molar-refractivity contribution in [2.75, 3.05) is 0 Å². The summed E-state index contributed by atoms with van der Waals surface area (Å²) in [6.45, 7) is 0. The minimum atomic E-state index is -3.58. The molecule has 1 aromatic heterocycles. The average Bonchev–Trinajstić information content (AvgIpc) is 2.66. The van der Waals surface area contributed by atoms with Crippen LogP contribution in [0.1, 0.15) is 31.0 Å². The molecule has 1 aliphatic carbocycles. The highest BCUT2D eigenvalue weighted by atomic mass is 32.2. The molecule has 0 aromatic carbocycles. The molecule has 16 heavy (non-hydrogen) atoms.